The summed E-state index contributed by atoms with van der Waals surface area (Å²) >= 11 is 3.46. The SMILES string of the molecule is Nc1ccc2c(Br)nc(CCc3ccc(F)cc3)n2c1. The van der Waals surface area contributed by atoms with Gasteiger partial charge in [0.15, 0.2) is 0 Å². The number of nitrogens with two attached hydrogens (primary N) is 1. The van der Waals surface area contributed by atoms with E-state index in [1.807, 2.05) is 22.7 Å². The Morgan fingerprint density at radius 1 is 1.10 bits per heavy atom. The molecule has 0 bridgehead atoms. The molecule has 0 atom stereocenters. The topological polar surface area (TPSA) is 43.3 Å². The molecule has 0 saturated carbocycles. The minimum absolute atomic E-state index is 0.212. The van der Waals surface area contributed by atoms with Crippen molar-refractivity contribution in [2.24, 2.45) is 0 Å². The number of fused-ring (bicyclic) bond motifs is 1. The van der Waals surface area contributed by atoms with Gasteiger partial charge in [-0.3, -0.25) is 0 Å². The molecule has 2 aromatic heterocycles. The number of hydrogen-bond donors (Lipinski definition) is 1. The molecule has 20 heavy (non-hydrogen) atoms. The number of anilines is 1. The Bertz CT molecular complexity index is 750. The first-order valence-corrected chi connectivity index (χ1v) is 7.09. The number of aryl methyl sites for hydroxylation is 2. The molecule has 3 rings (SSSR count). The third kappa shape index (κ3) is 2.54. The van der Waals surface area contributed by atoms with Gasteiger partial charge in [-0.15, -0.1) is 0 Å². The Hall–Kier alpha value is -1.88. The van der Waals surface area contributed by atoms with Crippen LogP contribution >= 0.6 is 15.9 Å². The van der Waals surface area contributed by atoms with Crippen molar-refractivity contribution in [2.75, 3.05) is 5.73 Å². The summed E-state index contributed by atoms with van der Waals surface area (Å²) in [6.45, 7) is 0. The highest BCUT2D eigenvalue weighted by Gasteiger charge is 2.09. The first-order valence-electron chi connectivity index (χ1n) is 6.30. The zero-order chi connectivity index (χ0) is 14.1. The van der Waals surface area contributed by atoms with Crippen molar-refractivity contribution in [3.05, 3.63) is 64.4 Å². The van der Waals surface area contributed by atoms with Crippen LogP contribution in [0.2, 0.25) is 0 Å². The number of nitrogens with zero attached hydrogens (tertiary/aromatic N) is 2. The summed E-state index contributed by atoms with van der Waals surface area (Å²) in [7, 11) is 0. The third-order valence-electron chi connectivity index (χ3n) is 3.24. The molecule has 3 nitrogen and oxygen atoms in total. The zero-order valence-corrected chi connectivity index (χ0v) is 12.3. The van der Waals surface area contributed by atoms with Crippen LogP contribution in [0.5, 0.6) is 0 Å². The second kappa shape index (κ2) is 5.25. The maximum Gasteiger partial charge on any atom is 0.132 e. The van der Waals surface area contributed by atoms with Crippen molar-refractivity contribution in [3.63, 3.8) is 0 Å². The van der Waals surface area contributed by atoms with E-state index in [1.165, 1.54) is 12.1 Å². The molecule has 102 valence electrons. The van der Waals surface area contributed by atoms with Crippen molar-refractivity contribution < 1.29 is 4.39 Å². The van der Waals surface area contributed by atoms with Gasteiger partial charge in [-0.2, -0.15) is 0 Å². The van der Waals surface area contributed by atoms with Gasteiger partial charge >= 0.3 is 0 Å². The summed E-state index contributed by atoms with van der Waals surface area (Å²) in [4.78, 5) is 4.51. The Balaban J connectivity index is 1.87. The van der Waals surface area contributed by atoms with Crippen molar-refractivity contribution >= 4 is 27.1 Å². The lowest BCUT2D eigenvalue weighted by atomic mass is 10.1. The fourth-order valence-corrected chi connectivity index (χ4v) is 2.73. The molecule has 0 amide bonds. The molecule has 0 radical (unpaired) electrons. The highest BCUT2D eigenvalue weighted by molar-refractivity contribution is 9.10. The molecule has 0 fully saturated rings. The van der Waals surface area contributed by atoms with Gasteiger partial charge in [0.2, 0.25) is 0 Å². The molecule has 0 aliphatic rings. The average Bonchev–Trinajstić information content (AvgIpc) is 2.74. The minimum atomic E-state index is -0.212. The van der Waals surface area contributed by atoms with Crippen molar-refractivity contribution in [2.45, 2.75) is 12.8 Å². The second-order valence-electron chi connectivity index (χ2n) is 4.66. The van der Waals surface area contributed by atoms with Crippen LogP contribution in [0.4, 0.5) is 10.1 Å². The zero-order valence-electron chi connectivity index (χ0n) is 10.7. The van der Waals surface area contributed by atoms with E-state index in [0.717, 1.165) is 34.3 Å². The fraction of sp³-hybridized carbons (Fsp3) is 0.133. The number of halogens is 2. The van der Waals surface area contributed by atoms with Crippen molar-refractivity contribution in [3.8, 4) is 0 Å². The van der Waals surface area contributed by atoms with Gasteiger partial charge in [0.05, 0.1) is 5.52 Å². The Kier molecular flexibility index (Phi) is 3.44. The van der Waals surface area contributed by atoms with Crippen LogP contribution in [-0.4, -0.2) is 9.38 Å². The number of nitrogen functional groups attached to an aromatic ring is 1. The molecule has 0 unspecified atom stereocenters. The molecule has 5 heteroatoms. The standard InChI is InChI=1S/C15H13BrFN3/c16-15-13-7-6-12(18)9-20(13)14(19-15)8-3-10-1-4-11(17)5-2-10/h1-2,4-7,9H,3,8,18H2. The van der Waals surface area contributed by atoms with Crippen molar-refractivity contribution in [1.82, 2.24) is 9.38 Å². The number of benzene rings is 1. The largest absolute Gasteiger partial charge is 0.398 e. The number of imidazole rings is 1. The van der Waals surface area contributed by atoms with Crippen LogP contribution in [0.3, 0.4) is 0 Å². The van der Waals surface area contributed by atoms with Gasteiger partial charge in [0.25, 0.3) is 0 Å². The van der Waals surface area contributed by atoms with E-state index >= 15 is 0 Å². The average molecular weight is 334 g/mol. The molecule has 0 aliphatic carbocycles. The van der Waals surface area contributed by atoms with Crippen LogP contribution in [0.15, 0.2) is 47.2 Å². The lowest BCUT2D eigenvalue weighted by Crippen LogP contribution is -1.99. The smallest absolute Gasteiger partial charge is 0.132 e. The Morgan fingerprint density at radius 3 is 2.60 bits per heavy atom. The normalized spacial score (nSPS) is 11.1. The molecule has 0 aliphatic heterocycles. The molecule has 2 heterocycles. The number of aromatic nitrogens is 2. The summed E-state index contributed by atoms with van der Waals surface area (Å²) in [6.07, 6.45) is 3.44. The number of rotatable bonds is 3. The van der Waals surface area contributed by atoms with E-state index in [0.29, 0.717) is 5.69 Å². The van der Waals surface area contributed by atoms with Gasteiger partial charge < -0.3 is 10.1 Å². The Labute approximate surface area is 124 Å². The van der Waals surface area contributed by atoms with Crippen LogP contribution < -0.4 is 5.73 Å². The van der Waals surface area contributed by atoms with E-state index in [-0.39, 0.29) is 5.82 Å². The van der Waals surface area contributed by atoms with Crippen LogP contribution in [0.25, 0.3) is 5.52 Å². The Morgan fingerprint density at radius 2 is 1.85 bits per heavy atom. The number of pyridine rings is 1. The fourth-order valence-electron chi connectivity index (χ4n) is 2.21. The quantitative estimate of drug-likeness (QED) is 0.795. The third-order valence-corrected chi connectivity index (χ3v) is 3.82. The van der Waals surface area contributed by atoms with Gasteiger partial charge in [-0.25, -0.2) is 9.37 Å². The highest BCUT2D eigenvalue weighted by atomic mass is 79.9. The summed E-state index contributed by atoms with van der Waals surface area (Å²) in [6, 6.07) is 10.3. The molecule has 0 saturated heterocycles. The first kappa shape index (κ1) is 13.1. The maximum absolute atomic E-state index is 12.9. The molecular formula is C15H13BrFN3. The van der Waals surface area contributed by atoms with Crippen molar-refractivity contribution in [1.29, 1.82) is 0 Å². The predicted molar refractivity (Wildman–Crippen MR) is 81.1 cm³/mol. The van der Waals surface area contributed by atoms with Crippen LogP contribution in [0.1, 0.15) is 11.4 Å². The maximum atomic E-state index is 12.9. The summed E-state index contributed by atoms with van der Waals surface area (Å²) in [5, 5.41) is 0. The van der Waals surface area contributed by atoms with Crippen LogP contribution in [0, 0.1) is 5.82 Å². The predicted octanol–water partition coefficient (Wildman–Crippen LogP) is 3.60. The lowest BCUT2D eigenvalue weighted by Gasteiger charge is -2.03. The summed E-state index contributed by atoms with van der Waals surface area (Å²) < 4.78 is 15.7. The van der Waals surface area contributed by atoms with E-state index in [2.05, 4.69) is 20.9 Å². The molecule has 0 spiro atoms. The lowest BCUT2D eigenvalue weighted by molar-refractivity contribution is 0.627. The molecule has 3 aromatic rings. The second-order valence-corrected chi connectivity index (χ2v) is 5.41. The van der Waals surface area contributed by atoms with Crippen LogP contribution in [-0.2, 0) is 12.8 Å². The minimum Gasteiger partial charge on any atom is -0.398 e. The highest BCUT2D eigenvalue weighted by Crippen LogP contribution is 2.21. The van der Waals surface area contributed by atoms with E-state index in [1.54, 1.807) is 12.1 Å². The van der Waals surface area contributed by atoms with Gasteiger partial charge in [-0.05, 0) is 52.2 Å². The molecule has 1 aromatic carbocycles. The van der Waals surface area contributed by atoms with E-state index < -0.39 is 0 Å². The molecule has 2 N–H and O–H groups in total. The monoisotopic (exact) mass is 333 g/mol. The summed E-state index contributed by atoms with van der Waals surface area (Å²) in [5.74, 6) is 0.721. The number of hydrogen-bond acceptors (Lipinski definition) is 2. The van der Waals surface area contributed by atoms with E-state index in [4.69, 9.17) is 5.73 Å². The van der Waals surface area contributed by atoms with Gasteiger partial charge in [-0.1, -0.05) is 12.1 Å². The van der Waals surface area contributed by atoms with Gasteiger partial charge in [0, 0.05) is 18.3 Å². The first-order chi connectivity index (χ1) is 9.63. The summed E-state index contributed by atoms with van der Waals surface area (Å²) in [5.41, 5.74) is 8.60. The molecular weight excluding hydrogens is 321 g/mol. The van der Waals surface area contributed by atoms with E-state index in [9.17, 15) is 4.39 Å². The van der Waals surface area contributed by atoms with Gasteiger partial charge in [0.1, 0.15) is 16.2 Å².